The van der Waals surface area contributed by atoms with E-state index in [1.165, 1.54) is 0 Å². The number of nitrogens with zero attached hydrogens (tertiary/aromatic N) is 2. The molecule has 0 aromatic heterocycles. The van der Waals surface area contributed by atoms with Crippen LogP contribution >= 0.6 is 0 Å². The fourth-order valence-corrected chi connectivity index (χ4v) is 2.99. The van der Waals surface area contributed by atoms with Gasteiger partial charge in [0.2, 0.25) is 5.91 Å². The van der Waals surface area contributed by atoms with E-state index < -0.39 is 5.92 Å². The van der Waals surface area contributed by atoms with E-state index in [1.807, 2.05) is 20.9 Å². The molecule has 1 aliphatic rings. The molecule has 1 unspecified atom stereocenters. The number of amides is 1. The lowest BCUT2D eigenvalue weighted by molar-refractivity contribution is -0.136. The van der Waals surface area contributed by atoms with Crippen LogP contribution in [0.5, 0.6) is 0 Å². The van der Waals surface area contributed by atoms with Crippen molar-refractivity contribution in [2.75, 3.05) is 7.05 Å². The van der Waals surface area contributed by atoms with E-state index >= 15 is 0 Å². The molecule has 0 aromatic rings. The molecule has 0 aliphatic heterocycles. The topological polar surface area (TPSA) is 78.9 Å². The molecule has 5 heteroatoms. The number of hydrogen-bond acceptors (Lipinski definition) is 3. The van der Waals surface area contributed by atoms with Crippen molar-refractivity contribution in [2.24, 2.45) is 28.1 Å². The molecular weight excluding hydrogens is 254 g/mol. The second-order valence-corrected chi connectivity index (χ2v) is 7.09. The molecule has 1 amide bonds. The summed E-state index contributed by atoms with van der Waals surface area (Å²) in [4.78, 5) is 14.4. The molecule has 0 spiro atoms. The maximum absolute atomic E-state index is 12.6. The highest BCUT2D eigenvalue weighted by Crippen LogP contribution is 2.37. The predicted octanol–water partition coefficient (Wildman–Crippen LogP) is 2.43. The van der Waals surface area contributed by atoms with Gasteiger partial charge in [0.05, 0.1) is 0 Å². The van der Waals surface area contributed by atoms with Gasteiger partial charge in [0.1, 0.15) is 5.92 Å². The smallest absolute Gasteiger partial charge is 0.233 e. The lowest BCUT2D eigenvalue weighted by Gasteiger charge is -2.39. The van der Waals surface area contributed by atoms with Gasteiger partial charge in [0.25, 0.3) is 0 Å². The second-order valence-electron chi connectivity index (χ2n) is 7.09. The van der Waals surface area contributed by atoms with Gasteiger partial charge in [0, 0.05) is 13.1 Å². The van der Waals surface area contributed by atoms with Crippen LogP contribution in [0.1, 0.15) is 53.4 Å². The molecule has 1 rings (SSSR count). The van der Waals surface area contributed by atoms with Gasteiger partial charge in [-0.3, -0.25) is 4.79 Å². The van der Waals surface area contributed by atoms with Crippen LogP contribution in [-0.2, 0) is 4.79 Å². The molecule has 0 heterocycles. The number of carbonyl (C=O) groups is 1. The fourth-order valence-electron chi connectivity index (χ4n) is 2.99. The molecule has 5 nitrogen and oxygen atoms in total. The zero-order valence-corrected chi connectivity index (χ0v) is 13.4. The van der Waals surface area contributed by atoms with Crippen LogP contribution in [0.25, 0.3) is 0 Å². The number of hydrogen-bond donors (Lipinski definition) is 2. The third kappa shape index (κ3) is 3.87. The van der Waals surface area contributed by atoms with Crippen molar-refractivity contribution in [2.45, 2.75) is 59.4 Å². The minimum Gasteiger partial charge on any atom is -0.409 e. The molecule has 1 aliphatic carbocycles. The number of rotatable bonds is 4. The maximum atomic E-state index is 12.6. The summed E-state index contributed by atoms with van der Waals surface area (Å²) in [5.74, 6) is -0.561. The van der Waals surface area contributed by atoms with E-state index in [0.717, 1.165) is 25.7 Å². The molecular formula is C15H29N3O2. The van der Waals surface area contributed by atoms with Crippen LogP contribution in [0, 0.1) is 17.3 Å². The second kappa shape index (κ2) is 6.46. The lowest BCUT2D eigenvalue weighted by Crippen LogP contribution is -2.48. The number of oxime groups is 1. The maximum Gasteiger partial charge on any atom is 0.233 e. The highest BCUT2D eigenvalue weighted by Gasteiger charge is 2.35. The Balaban J connectivity index is 2.75. The van der Waals surface area contributed by atoms with E-state index in [1.54, 1.807) is 4.90 Å². The average Bonchev–Trinajstić information content (AvgIpc) is 2.37. The quantitative estimate of drug-likeness (QED) is 0.360. The highest BCUT2D eigenvalue weighted by molar-refractivity contribution is 6.02. The Morgan fingerprint density at radius 3 is 2.25 bits per heavy atom. The molecule has 0 saturated heterocycles. The lowest BCUT2D eigenvalue weighted by atomic mass is 9.75. The van der Waals surface area contributed by atoms with Crippen molar-refractivity contribution in [3.63, 3.8) is 0 Å². The number of amidine groups is 1. The zero-order chi connectivity index (χ0) is 15.5. The summed E-state index contributed by atoms with van der Waals surface area (Å²) in [7, 11) is 1.84. The first-order valence-electron chi connectivity index (χ1n) is 7.43. The molecule has 0 aromatic carbocycles. The molecule has 116 valence electrons. The molecule has 3 N–H and O–H groups in total. The Morgan fingerprint density at radius 1 is 1.35 bits per heavy atom. The van der Waals surface area contributed by atoms with Crippen molar-refractivity contribution in [3.05, 3.63) is 0 Å². The normalized spacial score (nSPS) is 21.8. The van der Waals surface area contributed by atoms with Crippen molar-refractivity contribution in [1.29, 1.82) is 0 Å². The van der Waals surface area contributed by atoms with Crippen LogP contribution in [0.3, 0.4) is 0 Å². The first-order valence-corrected chi connectivity index (χ1v) is 7.43. The van der Waals surface area contributed by atoms with Crippen LogP contribution in [-0.4, -0.2) is 34.9 Å². The van der Waals surface area contributed by atoms with Crippen molar-refractivity contribution in [3.8, 4) is 0 Å². The van der Waals surface area contributed by atoms with E-state index in [-0.39, 0.29) is 23.7 Å². The highest BCUT2D eigenvalue weighted by atomic mass is 16.4. The largest absolute Gasteiger partial charge is 0.409 e. The fraction of sp³-hybridized carbons (Fsp3) is 0.867. The summed E-state index contributed by atoms with van der Waals surface area (Å²) in [6.07, 6.45) is 4.31. The predicted molar refractivity (Wildman–Crippen MR) is 80.5 cm³/mol. The number of carbonyl (C=O) groups excluding carboxylic acids is 1. The molecule has 1 fully saturated rings. The third-order valence-corrected chi connectivity index (χ3v) is 4.57. The van der Waals surface area contributed by atoms with Gasteiger partial charge in [-0.15, -0.1) is 0 Å². The summed E-state index contributed by atoms with van der Waals surface area (Å²) in [6, 6.07) is 0.267. The molecule has 20 heavy (non-hydrogen) atoms. The summed E-state index contributed by atoms with van der Waals surface area (Å²) >= 11 is 0. The van der Waals surface area contributed by atoms with Gasteiger partial charge in [0.15, 0.2) is 5.84 Å². The van der Waals surface area contributed by atoms with Crippen molar-refractivity contribution >= 4 is 11.7 Å². The van der Waals surface area contributed by atoms with Gasteiger partial charge in [-0.2, -0.15) is 0 Å². The summed E-state index contributed by atoms with van der Waals surface area (Å²) in [6.45, 7) is 8.38. The summed E-state index contributed by atoms with van der Waals surface area (Å²) in [5.41, 5.74) is 6.06. The van der Waals surface area contributed by atoms with Crippen molar-refractivity contribution < 1.29 is 10.0 Å². The van der Waals surface area contributed by atoms with E-state index in [0.29, 0.717) is 5.41 Å². The van der Waals surface area contributed by atoms with Gasteiger partial charge in [-0.25, -0.2) is 0 Å². The Morgan fingerprint density at radius 2 is 1.85 bits per heavy atom. The standard InChI is InChI=1S/C15H29N3O2/c1-10(2)12(13(16)17-20)14(19)18(5)11-6-8-15(3,4)9-7-11/h10-12,20H,6-9H2,1-5H3,(H2,16,17). The SMILES string of the molecule is CC(C)C(C(=O)N(C)C1CCC(C)(C)CC1)C(N)=NO. The Hall–Kier alpha value is -1.26. The summed E-state index contributed by atoms with van der Waals surface area (Å²) < 4.78 is 0. The van der Waals surface area contributed by atoms with Gasteiger partial charge in [-0.1, -0.05) is 32.9 Å². The summed E-state index contributed by atoms with van der Waals surface area (Å²) in [5, 5.41) is 11.9. The number of nitrogens with two attached hydrogens (primary N) is 1. The first-order chi connectivity index (χ1) is 9.19. The molecule has 1 atom stereocenters. The van der Waals surface area contributed by atoms with Crippen LogP contribution in [0.4, 0.5) is 0 Å². The van der Waals surface area contributed by atoms with Crippen LogP contribution in [0.2, 0.25) is 0 Å². The van der Waals surface area contributed by atoms with Crippen LogP contribution in [0.15, 0.2) is 5.16 Å². The molecule has 0 bridgehead atoms. The van der Waals surface area contributed by atoms with E-state index in [4.69, 9.17) is 10.9 Å². The van der Waals surface area contributed by atoms with Gasteiger partial charge in [-0.05, 0) is 37.0 Å². The monoisotopic (exact) mass is 283 g/mol. The van der Waals surface area contributed by atoms with E-state index in [2.05, 4.69) is 19.0 Å². The molecule has 1 saturated carbocycles. The molecule has 0 radical (unpaired) electrons. The minimum absolute atomic E-state index is 0.00740. The Labute approximate surface area is 122 Å². The third-order valence-electron chi connectivity index (χ3n) is 4.57. The average molecular weight is 283 g/mol. The van der Waals surface area contributed by atoms with E-state index in [9.17, 15) is 4.79 Å². The van der Waals surface area contributed by atoms with Crippen molar-refractivity contribution in [1.82, 2.24) is 4.90 Å². The minimum atomic E-state index is -0.542. The Kier molecular flexibility index (Phi) is 5.42. The van der Waals surface area contributed by atoms with Crippen LogP contribution < -0.4 is 5.73 Å². The zero-order valence-electron chi connectivity index (χ0n) is 13.4. The van der Waals surface area contributed by atoms with Gasteiger partial charge >= 0.3 is 0 Å². The Bertz CT molecular complexity index is 367. The first kappa shape index (κ1) is 16.8. The van der Waals surface area contributed by atoms with Gasteiger partial charge < -0.3 is 15.8 Å².